The monoisotopic (exact) mass is 282 g/mol. The molecule has 2 heteroatoms. The SMILES string of the molecule is CC.CC/C=C(/C)c1ccc(C)cc1Nc1ccccn1. The van der Waals surface area contributed by atoms with Gasteiger partial charge in [0.2, 0.25) is 0 Å². The highest BCUT2D eigenvalue weighted by molar-refractivity contribution is 5.78. The van der Waals surface area contributed by atoms with E-state index in [-0.39, 0.29) is 0 Å². The third kappa shape index (κ3) is 5.07. The van der Waals surface area contributed by atoms with Crippen LogP contribution >= 0.6 is 0 Å². The number of allylic oxidation sites excluding steroid dienone is 2. The van der Waals surface area contributed by atoms with Crippen LogP contribution in [0.15, 0.2) is 48.7 Å². The molecule has 1 heterocycles. The molecule has 2 rings (SSSR count). The van der Waals surface area contributed by atoms with E-state index in [2.05, 4.69) is 55.3 Å². The van der Waals surface area contributed by atoms with Crippen molar-refractivity contribution in [3.8, 4) is 0 Å². The number of nitrogens with one attached hydrogen (secondary N) is 1. The van der Waals surface area contributed by atoms with E-state index >= 15 is 0 Å². The highest BCUT2D eigenvalue weighted by Gasteiger charge is 2.05. The number of hydrogen-bond donors (Lipinski definition) is 1. The van der Waals surface area contributed by atoms with Gasteiger partial charge in [-0.05, 0) is 49.6 Å². The molecule has 0 spiro atoms. The summed E-state index contributed by atoms with van der Waals surface area (Å²) < 4.78 is 0. The first-order valence-electron chi connectivity index (χ1n) is 7.66. The smallest absolute Gasteiger partial charge is 0.130 e. The molecule has 1 aromatic heterocycles. The molecule has 0 saturated carbocycles. The Hall–Kier alpha value is -2.09. The molecule has 112 valence electrons. The fourth-order valence-corrected chi connectivity index (χ4v) is 2.10. The minimum atomic E-state index is 0.874. The predicted molar refractivity (Wildman–Crippen MR) is 94.0 cm³/mol. The van der Waals surface area contributed by atoms with Gasteiger partial charge < -0.3 is 5.32 Å². The highest BCUT2D eigenvalue weighted by Crippen LogP contribution is 2.27. The molecule has 0 amide bonds. The largest absolute Gasteiger partial charge is 0.340 e. The first kappa shape index (κ1) is 17.0. The summed E-state index contributed by atoms with van der Waals surface area (Å²) >= 11 is 0. The van der Waals surface area contributed by atoms with Crippen molar-refractivity contribution in [2.75, 3.05) is 5.32 Å². The lowest BCUT2D eigenvalue weighted by molar-refractivity contribution is 1.22. The van der Waals surface area contributed by atoms with Crippen LogP contribution in [-0.2, 0) is 0 Å². The van der Waals surface area contributed by atoms with Gasteiger partial charge in [-0.1, -0.05) is 45.0 Å². The molecule has 0 aliphatic rings. The number of hydrogen-bond acceptors (Lipinski definition) is 2. The second-order valence-corrected chi connectivity index (χ2v) is 4.68. The Morgan fingerprint density at radius 1 is 1.19 bits per heavy atom. The van der Waals surface area contributed by atoms with Crippen molar-refractivity contribution in [2.24, 2.45) is 0 Å². The van der Waals surface area contributed by atoms with Crippen LogP contribution in [0.4, 0.5) is 11.5 Å². The number of anilines is 2. The van der Waals surface area contributed by atoms with Crippen LogP contribution in [-0.4, -0.2) is 4.98 Å². The maximum atomic E-state index is 4.32. The van der Waals surface area contributed by atoms with Crippen molar-refractivity contribution < 1.29 is 0 Å². The van der Waals surface area contributed by atoms with E-state index in [0.717, 1.165) is 17.9 Å². The normalized spacial score (nSPS) is 10.6. The van der Waals surface area contributed by atoms with Gasteiger partial charge in [0.25, 0.3) is 0 Å². The van der Waals surface area contributed by atoms with Crippen molar-refractivity contribution in [1.82, 2.24) is 4.98 Å². The van der Waals surface area contributed by atoms with Gasteiger partial charge in [0.05, 0.1) is 0 Å². The zero-order valence-electron chi connectivity index (χ0n) is 13.8. The topological polar surface area (TPSA) is 24.9 Å². The van der Waals surface area contributed by atoms with Crippen LogP contribution in [0.3, 0.4) is 0 Å². The van der Waals surface area contributed by atoms with E-state index in [4.69, 9.17) is 0 Å². The molecule has 0 saturated heterocycles. The van der Waals surface area contributed by atoms with Crippen LogP contribution in [0.2, 0.25) is 0 Å². The van der Waals surface area contributed by atoms with Crippen LogP contribution in [0.25, 0.3) is 5.57 Å². The third-order valence-electron chi connectivity index (χ3n) is 3.04. The standard InChI is InChI=1S/C17H20N2.C2H6/c1-4-7-14(3)15-10-9-13(2)12-16(15)19-17-8-5-6-11-18-17;1-2/h5-12H,4H2,1-3H3,(H,18,19);1-2H3/b14-7-;. The van der Waals surface area contributed by atoms with Crippen LogP contribution in [0.5, 0.6) is 0 Å². The lowest BCUT2D eigenvalue weighted by atomic mass is 10.0. The quantitative estimate of drug-likeness (QED) is 0.747. The fraction of sp³-hybridized carbons (Fsp3) is 0.316. The Morgan fingerprint density at radius 2 is 1.95 bits per heavy atom. The molecule has 2 nitrogen and oxygen atoms in total. The van der Waals surface area contributed by atoms with Crippen molar-refractivity contribution in [3.05, 3.63) is 59.8 Å². The molecule has 0 unspecified atom stereocenters. The highest BCUT2D eigenvalue weighted by atomic mass is 15.0. The molecule has 1 aromatic carbocycles. The van der Waals surface area contributed by atoms with E-state index in [1.54, 1.807) is 6.20 Å². The van der Waals surface area contributed by atoms with Gasteiger partial charge >= 0.3 is 0 Å². The van der Waals surface area contributed by atoms with Crippen molar-refractivity contribution in [1.29, 1.82) is 0 Å². The molecule has 0 radical (unpaired) electrons. The summed E-state index contributed by atoms with van der Waals surface area (Å²) in [5.74, 6) is 0.874. The lowest BCUT2D eigenvalue weighted by Gasteiger charge is -2.13. The molecule has 0 aliphatic heterocycles. The van der Waals surface area contributed by atoms with E-state index in [1.807, 2.05) is 32.0 Å². The number of pyridine rings is 1. The first-order chi connectivity index (χ1) is 10.2. The average Bonchev–Trinajstić information content (AvgIpc) is 2.50. The molecule has 0 bridgehead atoms. The molecule has 0 aliphatic carbocycles. The Kier molecular flexibility index (Phi) is 7.24. The predicted octanol–water partition coefficient (Wildman–Crippen LogP) is 5.97. The summed E-state index contributed by atoms with van der Waals surface area (Å²) in [5, 5.41) is 3.40. The van der Waals surface area contributed by atoms with Crippen LogP contribution < -0.4 is 5.32 Å². The van der Waals surface area contributed by atoms with Gasteiger partial charge in [-0.15, -0.1) is 0 Å². The minimum absolute atomic E-state index is 0.874. The Bertz CT molecular complexity index is 571. The second-order valence-electron chi connectivity index (χ2n) is 4.68. The van der Waals surface area contributed by atoms with Gasteiger partial charge in [-0.25, -0.2) is 4.98 Å². The maximum Gasteiger partial charge on any atom is 0.130 e. The number of rotatable bonds is 4. The van der Waals surface area contributed by atoms with Gasteiger partial charge in [-0.3, -0.25) is 0 Å². The van der Waals surface area contributed by atoms with E-state index in [1.165, 1.54) is 16.7 Å². The fourth-order valence-electron chi connectivity index (χ4n) is 2.10. The zero-order chi connectivity index (χ0) is 15.7. The summed E-state index contributed by atoms with van der Waals surface area (Å²) in [4.78, 5) is 4.32. The molecule has 1 N–H and O–H groups in total. The molecule has 0 atom stereocenters. The van der Waals surface area contributed by atoms with Crippen molar-refractivity contribution in [3.63, 3.8) is 0 Å². The third-order valence-corrected chi connectivity index (χ3v) is 3.04. The van der Waals surface area contributed by atoms with Gasteiger partial charge in [0.15, 0.2) is 0 Å². The van der Waals surface area contributed by atoms with Crippen molar-refractivity contribution in [2.45, 2.75) is 41.0 Å². The number of aryl methyl sites for hydroxylation is 1. The van der Waals surface area contributed by atoms with Gasteiger partial charge in [0.1, 0.15) is 5.82 Å². The second kappa shape index (κ2) is 8.96. The summed E-state index contributed by atoms with van der Waals surface area (Å²) in [7, 11) is 0. The number of benzene rings is 1. The summed E-state index contributed by atoms with van der Waals surface area (Å²) in [6.45, 7) is 10.4. The molecule has 21 heavy (non-hydrogen) atoms. The Labute approximate surface area is 128 Å². The average molecular weight is 282 g/mol. The first-order valence-corrected chi connectivity index (χ1v) is 7.66. The van der Waals surface area contributed by atoms with E-state index in [9.17, 15) is 0 Å². The summed E-state index contributed by atoms with van der Waals surface area (Å²) in [5.41, 5.74) is 4.88. The number of aromatic nitrogens is 1. The Balaban J connectivity index is 0.00000106. The van der Waals surface area contributed by atoms with E-state index in [0.29, 0.717) is 0 Å². The van der Waals surface area contributed by atoms with Crippen LogP contribution in [0, 0.1) is 6.92 Å². The zero-order valence-corrected chi connectivity index (χ0v) is 13.8. The minimum Gasteiger partial charge on any atom is -0.340 e. The molecular weight excluding hydrogens is 256 g/mol. The van der Waals surface area contributed by atoms with Gasteiger partial charge in [0, 0.05) is 17.4 Å². The summed E-state index contributed by atoms with van der Waals surface area (Å²) in [6.07, 6.45) is 5.09. The van der Waals surface area contributed by atoms with Crippen LogP contribution in [0.1, 0.15) is 45.2 Å². The molecule has 0 fully saturated rings. The summed E-state index contributed by atoms with van der Waals surface area (Å²) in [6, 6.07) is 12.4. The van der Waals surface area contributed by atoms with E-state index < -0.39 is 0 Å². The lowest BCUT2D eigenvalue weighted by Crippen LogP contribution is -1.97. The Morgan fingerprint density at radius 3 is 2.57 bits per heavy atom. The number of nitrogens with zero attached hydrogens (tertiary/aromatic N) is 1. The molecule has 2 aromatic rings. The van der Waals surface area contributed by atoms with Gasteiger partial charge in [-0.2, -0.15) is 0 Å². The maximum absolute atomic E-state index is 4.32. The van der Waals surface area contributed by atoms with Crippen molar-refractivity contribution >= 4 is 17.1 Å². The molecular formula is C19H26N2.